The van der Waals surface area contributed by atoms with Gasteiger partial charge in [0, 0.05) is 24.0 Å². The van der Waals surface area contributed by atoms with E-state index in [1.54, 1.807) is 51.4 Å². The highest BCUT2D eigenvalue weighted by Crippen LogP contribution is 2.59. The maximum atomic E-state index is 7.49. The average molecular weight is 702 g/mol. The zero-order valence-corrected chi connectivity index (χ0v) is 33.0. The van der Waals surface area contributed by atoms with Gasteiger partial charge in [-0.3, -0.25) is 4.90 Å². The zero-order valence-electron chi connectivity index (χ0n) is 33.0. The number of nitrogens with zero attached hydrogens (tertiary/aromatic N) is 1. The molecule has 8 saturated carbocycles. The first kappa shape index (κ1) is 35.3. The van der Waals surface area contributed by atoms with Gasteiger partial charge in [0.15, 0.2) is 0 Å². The SMILES string of the molecule is C1CCC(C2CCC(N(C3CCC(C4CCCCC4)CC3)C3CCC(C4CCCC5C6CCC7OC8CCCCC8C7C6OC45)CC3)CC2)CC1. The van der Waals surface area contributed by atoms with Crippen molar-refractivity contribution in [1.29, 1.82) is 0 Å². The van der Waals surface area contributed by atoms with Gasteiger partial charge in [-0.15, -0.1) is 0 Å². The van der Waals surface area contributed by atoms with E-state index < -0.39 is 0 Å². The third-order valence-corrected chi connectivity index (χ3v) is 19.1. The fraction of sp³-hybridized carbons (Fsp3) is 1.00. The molecular formula is C48H79NO2. The van der Waals surface area contributed by atoms with E-state index in [2.05, 4.69) is 4.90 Å². The highest BCUT2D eigenvalue weighted by molar-refractivity contribution is 5.08. The summed E-state index contributed by atoms with van der Waals surface area (Å²) in [6.07, 6.45) is 48.6. The van der Waals surface area contributed by atoms with Gasteiger partial charge in [-0.25, -0.2) is 0 Å². The van der Waals surface area contributed by atoms with Crippen molar-refractivity contribution in [3.8, 4) is 0 Å². The van der Waals surface area contributed by atoms with Crippen molar-refractivity contribution in [3.63, 3.8) is 0 Å². The van der Waals surface area contributed by atoms with Crippen LogP contribution in [0.4, 0.5) is 0 Å². The number of ether oxygens (including phenoxy) is 2. The molecule has 10 fully saturated rings. The van der Waals surface area contributed by atoms with Crippen LogP contribution in [0.25, 0.3) is 0 Å². The quantitative estimate of drug-likeness (QED) is 0.275. The first-order valence-electron chi connectivity index (χ1n) is 24.4. The summed E-state index contributed by atoms with van der Waals surface area (Å²) in [5.41, 5.74) is 0. The van der Waals surface area contributed by atoms with E-state index in [1.165, 1.54) is 148 Å². The van der Waals surface area contributed by atoms with Crippen LogP contribution in [0.1, 0.15) is 199 Å². The Morgan fingerprint density at radius 3 is 1.35 bits per heavy atom. The summed E-state index contributed by atoms with van der Waals surface area (Å²) in [6.45, 7) is 0. The molecule has 3 nitrogen and oxygen atoms in total. The molecule has 0 amide bonds. The zero-order chi connectivity index (χ0) is 33.7. The van der Waals surface area contributed by atoms with Gasteiger partial charge in [0.2, 0.25) is 0 Å². The largest absolute Gasteiger partial charge is 0.374 e. The van der Waals surface area contributed by atoms with E-state index in [4.69, 9.17) is 9.47 Å². The molecule has 288 valence electrons. The number of fused-ring (bicyclic) bond motifs is 7. The number of hydrogen-bond acceptors (Lipinski definition) is 3. The van der Waals surface area contributed by atoms with E-state index in [0.717, 1.165) is 77.3 Å². The second-order valence-corrected chi connectivity index (χ2v) is 21.3. The van der Waals surface area contributed by atoms with Crippen LogP contribution < -0.4 is 0 Å². The van der Waals surface area contributed by atoms with E-state index in [0.29, 0.717) is 24.4 Å². The third kappa shape index (κ3) is 6.99. The van der Waals surface area contributed by atoms with Gasteiger partial charge >= 0.3 is 0 Å². The third-order valence-electron chi connectivity index (χ3n) is 19.1. The van der Waals surface area contributed by atoms with Crippen molar-refractivity contribution in [1.82, 2.24) is 4.90 Å². The maximum Gasteiger partial charge on any atom is 0.0667 e. The molecule has 2 aliphatic heterocycles. The topological polar surface area (TPSA) is 21.7 Å². The molecule has 0 aromatic carbocycles. The summed E-state index contributed by atoms with van der Waals surface area (Å²) in [5, 5.41) is 0. The first-order valence-corrected chi connectivity index (χ1v) is 24.4. The molecule has 9 unspecified atom stereocenters. The van der Waals surface area contributed by atoms with Crippen molar-refractivity contribution >= 4 is 0 Å². The minimum atomic E-state index is 0.523. The predicted octanol–water partition coefficient (Wildman–Crippen LogP) is 12.3. The molecule has 2 saturated heterocycles. The van der Waals surface area contributed by atoms with Crippen LogP contribution in [-0.4, -0.2) is 47.4 Å². The van der Waals surface area contributed by atoms with Gasteiger partial charge in [-0.1, -0.05) is 83.5 Å². The Morgan fingerprint density at radius 2 is 0.745 bits per heavy atom. The lowest BCUT2D eigenvalue weighted by molar-refractivity contribution is -0.0879. The van der Waals surface area contributed by atoms with Crippen LogP contribution in [0, 0.1) is 59.2 Å². The van der Waals surface area contributed by atoms with Crippen LogP contribution in [0.3, 0.4) is 0 Å². The lowest BCUT2D eigenvalue weighted by Gasteiger charge is -2.51. The van der Waals surface area contributed by atoms with Crippen LogP contribution in [-0.2, 0) is 9.47 Å². The standard InChI is InChI=1S/C48H79NO2/c1-3-10-32(11-4-1)34-18-24-37(25-19-34)49(38-26-20-35(21-27-38)33-12-5-2-6-13-33)39-28-22-36(23-29-39)40-15-9-16-41-42-30-31-45-46(48(42)51-47(40)41)43-14-7-8-17-44(43)50-45/h32-48H,1-31H2. The molecule has 10 rings (SSSR count). The Kier molecular flexibility index (Phi) is 10.9. The minimum Gasteiger partial charge on any atom is -0.374 e. The Morgan fingerprint density at radius 1 is 0.275 bits per heavy atom. The predicted molar refractivity (Wildman–Crippen MR) is 209 cm³/mol. The Labute approximate surface area is 314 Å². The van der Waals surface area contributed by atoms with Gasteiger partial charge in [-0.2, -0.15) is 0 Å². The molecule has 0 N–H and O–H groups in total. The fourth-order valence-electron chi connectivity index (χ4n) is 16.8. The van der Waals surface area contributed by atoms with E-state index in [1.807, 2.05) is 0 Å². The van der Waals surface area contributed by atoms with Gasteiger partial charge in [0.25, 0.3) is 0 Å². The van der Waals surface area contributed by atoms with Crippen LogP contribution in [0.2, 0.25) is 0 Å². The second-order valence-electron chi connectivity index (χ2n) is 21.3. The van der Waals surface area contributed by atoms with E-state index in [9.17, 15) is 0 Å². The lowest BCUT2D eigenvalue weighted by atomic mass is 9.62. The van der Waals surface area contributed by atoms with Gasteiger partial charge in [0.1, 0.15) is 0 Å². The lowest BCUT2D eigenvalue weighted by Crippen LogP contribution is -2.53. The fourth-order valence-corrected chi connectivity index (χ4v) is 16.8. The monoisotopic (exact) mass is 702 g/mol. The summed E-state index contributed by atoms with van der Waals surface area (Å²) in [4.78, 5) is 3.32. The Bertz CT molecular complexity index is 1070. The highest BCUT2D eigenvalue weighted by atomic mass is 16.5. The molecule has 3 heteroatoms. The maximum absolute atomic E-state index is 7.49. The molecule has 0 bridgehead atoms. The smallest absolute Gasteiger partial charge is 0.0667 e. The number of hydrogen-bond donors (Lipinski definition) is 0. The minimum absolute atomic E-state index is 0.523. The summed E-state index contributed by atoms with van der Waals surface area (Å²) >= 11 is 0. The van der Waals surface area contributed by atoms with Crippen molar-refractivity contribution in [2.75, 3.05) is 0 Å². The average Bonchev–Trinajstić information content (AvgIpc) is 3.78. The van der Waals surface area contributed by atoms with Gasteiger partial charge in [-0.05, 0) is 169 Å². The highest BCUT2D eigenvalue weighted by Gasteiger charge is 2.60. The van der Waals surface area contributed by atoms with E-state index >= 15 is 0 Å². The van der Waals surface area contributed by atoms with Crippen LogP contribution >= 0.6 is 0 Å². The van der Waals surface area contributed by atoms with Crippen LogP contribution in [0.5, 0.6) is 0 Å². The van der Waals surface area contributed by atoms with Crippen molar-refractivity contribution in [3.05, 3.63) is 0 Å². The molecule has 9 atom stereocenters. The van der Waals surface area contributed by atoms with Crippen LogP contribution in [0.15, 0.2) is 0 Å². The van der Waals surface area contributed by atoms with Gasteiger partial charge in [0.05, 0.1) is 24.4 Å². The molecule has 0 aromatic heterocycles. The molecule has 10 aliphatic rings. The molecule has 0 radical (unpaired) electrons. The summed E-state index contributed by atoms with van der Waals surface area (Å²) in [6, 6.07) is 2.67. The van der Waals surface area contributed by atoms with Crippen molar-refractivity contribution < 1.29 is 9.47 Å². The molecule has 0 spiro atoms. The molecule has 0 aromatic rings. The Hall–Kier alpha value is -0.120. The van der Waals surface area contributed by atoms with Crippen molar-refractivity contribution in [2.24, 2.45) is 59.2 Å². The first-order chi connectivity index (χ1) is 25.3. The molecule has 8 aliphatic carbocycles. The second kappa shape index (κ2) is 15.8. The summed E-state index contributed by atoms with van der Waals surface area (Å²) in [7, 11) is 0. The molecule has 51 heavy (non-hydrogen) atoms. The van der Waals surface area contributed by atoms with E-state index in [-0.39, 0.29) is 0 Å². The molecular weight excluding hydrogens is 623 g/mol. The normalized spacial score (nSPS) is 49.9. The van der Waals surface area contributed by atoms with Gasteiger partial charge < -0.3 is 9.47 Å². The Balaban J connectivity index is 0.801. The van der Waals surface area contributed by atoms with Crippen molar-refractivity contribution in [2.45, 2.75) is 242 Å². The number of rotatable bonds is 6. The molecule has 2 heterocycles. The summed E-state index contributed by atoms with van der Waals surface area (Å²) < 4.78 is 14.3. The summed E-state index contributed by atoms with van der Waals surface area (Å²) in [5.74, 6) is 9.31.